The highest BCUT2D eigenvalue weighted by Crippen LogP contribution is 2.27. The van der Waals surface area contributed by atoms with Gasteiger partial charge in [-0.05, 0) is 56.8 Å². The first-order valence-electron chi connectivity index (χ1n) is 10.1. The van der Waals surface area contributed by atoms with Gasteiger partial charge in [-0.15, -0.1) is 0 Å². The first kappa shape index (κ1) is 18.8. The van der Waals surface area contributed by atoms with E-state index >= 15 is 0 Å². The molecule has 3 N–H and O–H groups in total. The van der Waals surface area contributed by atoms with E-state index in [4.69, 9.17) is 10.7 Å². The van der Waals surface area contributed by atoms with Crippen LogP contribution in [0.15, 0.2) is 41.3 Å². The van der Waals surface area contributed by atoms with Gasteiger partial charge in [0.05, 0.1) is 18.4 Å². The molecule has 0 unspecified atom stereocenters. The molecular weight excluding hydrogens is 352 g/mol. The molecule has 2 atom stereocenters. The number of aromatic nitrogens is 4. The molecule has 0 spiro atoms. The van der Waals surface area contributed by atoms with Crippen molar-refractivity contribution in [3.8, 4) is 5.69 Å². The number of H-pyrrole nitrogens is 1. The van der Waals surface area contributed by atoms with Gasteiger partial charge in [0.1, 0.15) is 11.2 Å². The number of hydrogen-bond donors (Lipinski definition) is 2. The average Bonchev–Trinajstić information content (AvgIpc) is 3.13. The maximum atomic E-state index is 12.6. The molecule has 2 aromatic heterocycles. The lowest BCUT2D eigenvalue weighted by molar-refractivity contribution is 0.0833. The summed E-state index contributed by atoms with van der Waals surface area (Å²) in [5.41, 5.74) is 7.11. The molecule has 1 fully saturated rings. The summed E-state index contributed by atoms with van der Waals surface area (Å²) >= 11 is 0. The molecule has 4 rings (SSSR count). The summed E-state index contributed by atoms with van der Waals surface area (Å²) in [4.78, 5) is 22.8. The molecule has 0 saturated carbocycles. The number of nitrogens with one attached hydrogen (secondary N) is 1. The number of benzene rings is 1. The molecule has 1 aromatic carbocycles. The van der Waals surface area contributed by atoms with E-state index in [2.05, 4.69) is 21.9 Å². The van der Waals surface area contributed by atoms with E-state index < -0.39 is 0 Å². The van der Waals surface area contributed by atoms with Crippen molar-refractivity contribution in [2.24, 2.45) is 11.7 Å². The summed E-state index contributed by atoms with van der Waals surface area (Å²) in [6.45, 7) is 4.70. The number of nitrogens with two attached hydrogens (primary N) is 1. The van der Waals surface area contributed by atoms with Crippen molar-refractivity contribution < 1.29 is 0 Å². The highest BCUT2D eigenvalue weighted by atomic mass is 16.1. The van der Waals surface area contributed by atoms with Crippen LogP contribution in [0.3, 0.4) is 0 Å². The summed E-state index contributed by atoms with van der Waals surface area (Å²) in [6.07, 6.45) is 6.12. The minimum absolute atomic E-state index is 0.134. The van der Waals surface area contributed by atoms with Gasteiger partial charge in [0.15, 0.2) is 5.65 Å². The van der Waals surface area contributed by atoms with Gasteiger partial charge in [0.25, 0.3) is 5.56 Å². The maximum Gasteiger partial charge on any atom is 0.262 e. The van der Waals surface area contributed by atoms with E-state index in [0.29, 0.717) is 41.9 Å². The zero-order valence-corrected chi connectivity index (χ0v) is 16.3. The van der Waals surface area contributed by atoms with Crippen LogP contribution in [0.1, 0.15) is 38.4 Å². The number of aromatic amines is 1. The number of piperidine rings is 1. The molecule has 1 aliphatic heterocycles. The van der Waals surface area contributed by atoms with Crippen LogP contribution in [0, 0.1) is 5.92 Å². The molecule has 0 aliphatic carbocycles. The van der Waals surface area contributed by atoms with Crippen LogP contribution in [-0.4, -0.2) is 43.8 Å². The highest BCUT2D eigenvalue weighted by molar-refractivity contribution is 5.75. The second kappa shape index (κ2) is 8.24. The molecule has 3 aromatic rings. The number of para-hydroxylation sites is 1. The predicted molar refractivity (Wildman–Crippen MR) is 110 cm³/mol. The molecular formula is C21H28N6O. The zero-order valence-electron chi connectivity index (χ0n) is 16.3. The van der Waals surface area contributed by atoms with E-state index in [0.717, 1.165) is 25.1 Å². The predicted octanol–water partition coefficient (Wildman–Crippen LogP) is 2.45. The third kappa shape index (κ3) is 3.72. The van der Waals surface area contributed by atoms with Crippen LogP contribution in [0.25, 0.3) is 16.7 Å². The highest BCUT2D eigenvalue weighted by Gasteiger charge is 2.28. The Morgan fingerprint density at radius 1 is 1.29 bits per heavy atom. The molecule has 0 bridgehead atoms. The molecule has 7 heteroatoms. The molecule has 7 nitrogen and oxygen atoms in total. The Hall–Kier alpha value is -2.51. The van der Waals surface area contributed by atoms with Crippen molar-refractivity contribution in [2.75, 3.05) is 13.1 Å². The Balaban J connectivity index is 1.66. The van der Waals surface area contributed by atoms with Gasteiger partial charge in [-0.1, -0.05) is 25.1 Å². The van der Waals surface area contributed by atoms with Gasteiger partial charge < -0.3 is 10.7 Å². The topological polar surface area (TPSA) is 92.8 Å². The number of fused-ring (bicyclic) bond motifs is 1. The summed E-state index contributed by atoms with van der Waals surface area (Å²) in [6, 6.07) is 10.3. The number of likely N-dealkylation sites (tertiary alicyclic amines) is 1. The Kier molecular flexibility index (Phi) is 5.54. The number of nitrogens with zero attached hydrogens (tertiary/aromatic N) is 4. The van der Waals surface area contributed by atoms with Gasteiger partial charge in [0, 0.05) is 6.04 Å². The van der Waals surface area contributed by atoms with E-state index in [1.54, 1.807) is 10.9 Å². The number of hydrogen-bond acceptors (Lipinski definition) is 5. The minimum atomic E-state index is -0.134. The Labute approximate surface area is 164 Å². The molecule has 1 saturated heterocycles. The summed E-state index contributed by atoms with van der Waals surface area (Å²) in [5, 5.41) is 4.90. The van der Waals surface area contributed by atoms with Crippen LogP contribution in [0.5, 0.6) is 0 Å². The Morgan fingerprint density at radius 2 is 2.11 bits per heavy atom. The third-order valence-electron chi connectivity index (χ3n) is 5.78. The van der Waals surface area contributed by atoms with E-state index in [-0.39, 0.29) is 5.56 Å². The van der Waals surface area contributed by atoms with E-state index in [9.17, 15) is 4.79 Å². The molecule has 0 amide bonds. The van der Waals surface area contributed by atoms with Crippen molar-refractivity contribution in [3.63, 3.8) is 0 Å². The largest absolute Gasteiger partial charge is 0.330 e. The first-order chi connectivity index (χ1) is 13.7. The first-order valence-corrected chi connectivity index (χ1v) is 10.1. The van der Waals surface area contributed by atoms with Gasteiger partial charge >= 0.3 is 0 Å². The summed E-state index contributed by atoms with van der Waals surface area (Å²) in [5.74, 6) is 1.33. The lowest BCUT2D eigenvalue weighted by atomic mass is 9.88. The van der Waals surface area contributed by atoms with Crippen molar-refractivity contribution in [3.05, 3.63) is 52.7 Å². The van der Waals surface area contributed by atoms with Crippen LogP contribution in [0.4, 0.5) is 0 Å². The van der Waals surface area contributed by atoms with Crippen molar-refractivity contribution >= 4 is 11.0 Å². The third-order valence-corrected chi connectivity index (χ3v) is 5.78. The number of rotatable bonds is 6. The molecule has 28 heavy (non-hydrogen) atoms. The maximum absolute atomic E-state index is 12.6. The quantitative estimate of drug-likeness (QED) is 0.685. The van der Waals surface area contributed by atoms with E-state index in [1.165, 1.54) is 12.8 Å². The Morgan fingerprint density at radius 3 is 2.89 bits per heavy atom. The van der Waals surface area contributed by atoms with Gasteiger partial charge in [-0.2, -0.15) is 5.10 Å². The van der Waals surface area contributed by atoms with Crippen LogP contribution < -0.4 is 11.3 Å². The summed E-state index contributed by atoms with van der Waals surface area (Å²) in [7, 11) is 0. The fraction of sp³-hybridized carbons (Fsp3) is 0.476. The normalized spacial score (nSPS) is 20.6. The van der Waals surface area contributed by atoms with Gasteiger partial charge in [-0.25, -0.2) is 9.67 Å². The molecule has 1 aliphatic rings. The molecule has 0 radical (unpaired) electrons. The lowest BCUT2D eigenvalue weighted by Crippen LogP contribution is -2.44. The minimum Gasteiger partial charge on any atom is -0.330 e. The van der Waals surface area contributed by atoms with Gasteiger partial charge in [0.2, 0.25) is 0 Å². The molecule has 3 heterocycles. The van der Waals surface area contributed by atoms with Crippen molar-refractivity contribution in [1.29, 1.82) is 0 Å². The monoisotopic (exact) mass is 380 g/mol. The smallest absolute Gasteiger partial charge is 0.262 e. The van der Waals surface area contributed by atoms with E-state index in [1.807, 2.05) is 30.3 Å². The SMILES string of the molecule is C[C@@H]1CCCN(Cc2nc3c(cnn3-c3ccccc3)c(=O)[nH]2)[C@@H]1CCCN. The fourth-order valence-electron chi connectivity index (χ4n) is 4.31. The zero-order chi connectivity index (χ0) is 19.5. The average molecular weight is 380 g/mol. The van der Waals surface area contributed by atoms with Crippen LogP contribution >= 0.6 is 0 Å². The fourth-order valence-corrected chi connectivity index (χ4v) is 4.31. The van der Waals surface area contributed by atoms with Gasteiger partial charge in [-0.3, -0.25) is 9.69 Å². The van der Waals surface area contributed by atoms with Crippen LogP contribution in [0.2, 0.25) is 0 Å². The standard InChI is InChI=1S/C21H28N6O/c1-15-7-6-12-26(18(15)10-5-11-22)14-19-24-20-17(21(28)25-19)13-23-27(20)16-8-3-2-4-9-16/h2-4,8-9,13,15,18H,5-7,10-12,14,22H2,1H3,(H,24,25,28)/t15-,18-/m1/s1. The van der Waals surface area contributed by atoms with Crippen molar-refractivity contribution in [1.82, 2.24) is 24.6 Å². The molecule has 148 valence electrons. The van der Waals surface area contributed by atoms with Crippen LogP contribution in [-0.2, 0) is 6.54 Å². The second-order valence-corrected chi connectivity index (χ2v) is 7.73. The second-order valence-electron chi connectivity index (χ2n) is 7.73. The Bertz CT molecular complexity index is 979. The van der Waals surface area contributed by atoms with Crippen molar-refractivity contribution in [2.45, 2.75) is 45.2 Å². The lowest BCUT2D eigenvalue weighted by Gasteiger charge is -2.40. The summed E-state index contributed by atoms with van der Waals surface area (Å²) < 4.78 is 1.73.